The summed E-state index contributed by atoms with van der Waals surface area (Å²) < 4.78 is 11.1. The van der Waals surface area contributed by atoms with Crippen molar-refractivity contribution in [2.45, 2.75) is 26.8 Å². The Labute approximate surface area is 159 Å². The van der Waals surface area contributed by atoms with E-state index in [1.54, 1.807) is 13.2 Å². The molecule has 1 saturated heterocycles. The van der Waals surface area contributed by atoms with Crippen molar-refractivity contribution in [2.75, 3.05) is 31.6 Å². The lowest BCUT2D eigenvalue weighted by Gasteiger charge is -2.41. The summed E-state index contributed by atoms with van der Waals surface area (Å²) in [5, 5.41) is 0. The maximum atomic E-state index is 12.3. The fourth-order valence-electron chi connectivity index (χ4n) is 3.17. The molecule has 0 bridgehead atoms. The molecular formula is C20H26N4O3. The van der Waals surface area contributed by atoms with Gasteiger partial charge >= 0.3 is 0 Å². The van der Waals surface area contributed by atoms with Crippen LogP contribution in [0.1, 0.15) is 20.8 Å². The molecule has 1 aromatic carbocycles. The molecule has 1 atom stereocenters. The van der Waals surface area contributed by atoms with Gasteiger partial charge in [-0.15, -0.1) is 0 Å². The summed E-state index contributed by atoms with van der Waals surface area (Å²) in [6.07, 6.45) is 1.50. The van der Waals surface area contributed by atoms with E-state index in [1.165, 1.54) is 6.33 Å². The molecule has 27 heavy (non-hydrogen) atoms. The van der Waals surface area contributed by atoms with Crippen LogP contribution in [0.3, 0.4) is 0 Å². The largest absolute Gasteiger partial charge is 0.497 e. The van der Waals surface area contributed by atoms with E-state index in [-0.39, 0.29) is 17.9 Å². The maximum Gasteiger partial charge on any atom is 0.225 e. The molecule has 0 saturated carbocycles. The highest BCUT2D eigenvalue weighted by molar-refractivity contribution is 5.78. The number of ether oxygens (including phenoxy) is 2. The van der Waals surface area contributed by atoms with Crippen LogP contribution in [0.25, 0.3) is 0 Å². The van der Waals surface area contributed by atoms with Crippen molar-refractivity contribution in [1.82, 2.24) is 14.9 Å². The van der Waals surface area contributed by atoms with Gasteiger partial charge in [0.2, 0.25) is 11.8 Å². The highest BCUT2D eigenvalue weighted by Crippen LogP contribution is 2.26. The predicted molar refractivity (Wildman–Crippen MR) is 103 cm³/mol. The summed E-state index contributed by atoms with van der Waals surface area (Å²) in [6, 6.07) is 9.33. The number of methoxy groups -OCH3 is 1. The average Bonchev–Trinajstić information content (AvgIpc) is 2.67. The van der Waals surface area contributed by atoms with Crippen LogP contribution in [-0.2, 0) is 4.79 Å². The van der Waals surface area contributed by atoms with Crippen LogP contribution in [0.15, 0.2) is 36.7 Å². The fourth-order valence-corrected chi connectivity index (χ4v) is 3.17. The quantitative estimate of drug-likeness (QED) is 0.806. The first kappa shape index (κ1) is 18.9. The van der Waals surface area contributed by atoms with Crippen LogP contribution in [0.5, 0.6) is 17.4 Å². The molecule has 1 amide bonds. The number of hydrogen-bond acceptors (Lipinski definition) is 6. The Balaban J connectivity index is 1.70. The lowest BCUT2D eigenvalue weighted by Crippen LogP contribution is -2.55. The number of benzene rings is 1. The molecule has 1 fully saturated rings. The van der Waals surface area contributed by atoms with Gasteiger partial charge < -0.3 is 19.3 Å². The second kappa shape index (κ2) is 8.24. The Morgan fingerprint density at radius 2 is 1.96 bits per heavy atom. The smallest absolute Gasteiger partial charge is 0.225 e. The molecule has 0 radical (unpaired) electrons. The van der Waals surface area contributed by atoms with Crippen LogP contribution < -0.4 is 14.4 Å². The molecule has 2 aromatic rings. The van der Waals surface area contributed by atoms with Crippen LogP contribution in [0.2, 0.25) is 0 Å². The molecular weight excluding hydrogens is 344 g/mol. The van der Waals surface area contributed by atoms with Crippen molar-refractivity contribution in [3.05, 3.63) is 36.7 Å². The number of carbonyl (C=O) groups excluding carboxylic acids is 1. The van der Waals surface area contributed by atoms with E-state index >= 15 is 0 Å². The molecule has 2 heterocycles. The standard InChI is InChI=1S/C20H26N4O3/c1-14(2)20(25)24-9-8-23(12-15(24)3)18-11-19(22-13-21-18)27-17-7-5-6-16(10-17)26-4/h5-7,10-11,13-15H,8-9,12H2,1-4H3/t15-/m1/s1. The third-order valence-electron chi connectivity index (χ3n) is 4.62. The third-order valence-corrected chi connectivity index (χ3v) is 4.62. The zero-order chi connectivity index (χ0) is 19.4. The molecule has 1 aliphatic heterocycles. The van der Waals surface area contributed by atoms with E-state index in [0.29, 0.717) is 18.2 Å². The van der Waals surface area contributed by atoms with E-state index in [1.807, 2.05) is 43.0 Å². The SMILES string of the molecule is COc1cccc(Oc2cc(N3CCN(C(=O)C(C)C)[C@H](C)C3)ncn2)c1. The topological polar surface area (TPSA) is 67.8 Å². The Hall–Kier alpha value is -2.83. The number of amides is 1. The van der Waals surface area contributed by atoms with Gasteiger partial charge in [-0.25, -0.2) is 9.97 Å². The first-order valence-electron chi connectivity index (χ1n) is 9.17. The van der Waals surface area contributed by atoms with E-state index in [0.717, 1.165) is 24.7 Å². The van der Waals surface area contributed by atoms with E-state index in [4.69, 9.17) is 9.47 Å². The van der Waals surface area contributed by atoms with Gasteiger partial charge in [0.1, 0.15) is 23.6 Å². The maximum absolute atomic E-state index is 12.3. The third kappa shape index (κ3) is 4.48. The van der Waals surface area contributed by atoms with Crippen molar-refractivity contribution >= 4 is 11.7 Å². The van der Waals surface area contributed by atoms with Gasteiger partial charge in [0.25, 0.3) is 0 Å². The lowest BCUT2D eigenvalue weighted by molar-refractivity contribution is -0.136. The van der Waals surface area contributed by atoms with Gasteiger partial charge in [-0.1, -0.05) is 19.9 Å². The molecule has 3 rings (SSSR count). The molecule has 7 heteroatoms. The molecule has 0 N–H and O–H groups in total. The number of nitrogens with zero attached hydrogens (tertiary/aromatic N) is 4. The van der Waals surface area contributed by atoms with Crippen LogP contribution in [0.4, 0.5) is 5.82 Å². The lowest BCUT2D eigenvalue weighted by atomic mass is 10.1. The fraction of sp³-hybridized carbons (Fsp3) is 0.450. The van der Waals surface area contributed by atoms with Crippen LogP contribution in [-0.4, -0.2) is 53.6 Å². The van der Waals surface area contributed by atoms with E-state index in [9.17, 15) is 4.79 Å². The number of hydrogen-bond donors (Lipinski definition) is 0. The molecule has 1 aliphatic rings. The van der Waals surface area contributed by atoms with Gasteiger partial charge in [-0.3, -0.25) is 4.79 Å². The number of aromatic nitrogens is 2. The summed E-state index contributed by atoms with van der Waals surface area (Å²) in [5.41, 5.74) is 0. The number of carbonyl (C=O) groups is 1. The van der Waals surface area contributed by atoms with E-state index in [2.05, 4.69) is 21.8 Å². The second-order valence-corrected chi connectivity index (χ2v) is 6.98. The Morgan fingerprint density at radius 1 is 1.19 bits per heavy atom. The molecule has 0 aliphatic carbocycles. The highest BCUT2D eigenvalue weighted by Gasteiger charge is 2.29. The molecule has 0 unspecified atom stereocenters. The van der Waals surface area contributed by atoms with Gasteiger partial charge in [0, 0.05) is 43.7 Å². The molecule has 1 aromatic heterocycles. The number of rotatable bonds is 5. The Bertz CT molecular complexity index is 796. The van der Waals surface area contributed by atoms with Crippen molar-refractivity contribution in [2.24, 2.45) is 5.92 Å². The van der Waals surface area contributed by atoms with E-state index < -0.39 is 0 Å². The zero-order valence-corrected chi connectivity index (χ0v) is 16.3. The van der Waals surface area contributed by atoms with Crippen molar-refractivity contribution in [1.29, 1.82) is 0 Å². The predicted octanol–water partition coefficient (Wildman–Crippen LogP) is 2.97. The first-order valence-corrected chi connectivity index (χ1v) is 9.17. The normalized spacial score (nSPS) is 17.1. The van der Waals surface area contributed by atoms with Crippen LogP contribution in [0, 0.1) is 5.92 Å². The first-order chi connectivity index (χ1) is 13.0. The Kier molecular flexibility index (Phi) is 5.78. The minimum atomic E-state index is 0.0147. The van der Waals surface area contributed by atoms with Gasteiger partial charge in [-0.05, 0) is 19.1 Å². The monoisotopic (exact) mass is 370 g/mol. The summed E-state index contributed by atoms with van der Waals surface area (Å²) >= 11 is 0. The van der Waals surface area contributed by atoms with Gasteiger partial charge in [-0.2, -0.15) is 0 Å². The summed E-state index contributed by atoms with van der Waals surface area (Å²) in [6.45, 7) is 8.10. The summed E-state index contributed by atoms with van der Waals surface area (Å²) in [7, 11) is 1.62. The minimum absolute atomic E-state index is 0.0147. The highest BCUT2D eigenvalue weighted by atomic mass is 16.5. The number of piperazine rings is 1. The molecule has 0 spiro atoms. The van der Waals surface area contributed by atoms with Crippen LogP contribution >= 0.6 is 0 Å². The zero-order valence-electron chi connectivity index (χ0n) is 16.3. The van der Waals surface area contributed by atoms with Crippen molar-refractivity contribution in [3.63, 3.8) is 0 Å². The van der Waals surface area contributed by atoms with Crippen molar-refractivity contribution in [3.8, 4) is 17.4 Å². The summed E-state index contributed by atoms with van der Waals surface area (Å²) in [5.74, 6) is 2.86. The molecule has 7 nitrogen and oxygen atoms in total. The molecule has 144 valence electrons. The van der Waals surface area contributed by atoms with Gasteiger partial charge in [0.05, 0.1) is 7.11 Å². The number of anilines is 1. The summed E-state index contributed by atoms with van der Waals surface area (Å²) in [4.78, 5) is 25.0. The average molecular weight is 370 g/mol. The minimum Gasteiger partial charge on any atom is -0.497 e. The van der Waals surface area contributed by atoms with Gasteiger partial charge in [0.15, 0.2) is 0 Å². The van der Waals surface area contributed by atoms with Crippen molar-refractivity contribution < 1.29 is 14.3 Å². The Morgan fingerprint density at radius 3 is 2.67 bits per heavy atom. The second-order valence-electron chi connectivity index (χ2n) is 6.98.